The van der Waals surface area contributed by atoms with Crippen LogP contribution in [0.2, 0.25) is 0 Å². The van der Waals surface area contributed by atoms with E-state index >= 15 is 0 Å². The standard InChI is InChI=1S/C14H19NO/c1-14(7-2-3-8-14)16-12-4-5-13-11(10-12)6-9-15-13/h4-5,10,15H,2-3,6-9H2,1H3. The molecule has 3 rings (SSSR count). The topological polar surface area (TPSA) is 21.3 Å². The minimum absolute atomic E-state index is 0.0836. The van der Waals surface area contributed by atoms with Gasteiger partial charge in [0.1, 0.15) is 11.4 Å². The third-order valence-electron chi connectivity index (χ3n) is 3.81. The van der Waals surface area contributed by atoms with Gasteiger partial charge in [-0.1, -0.05) is 0 Å². The molecule has 1 aliphatic carbocycles. The summed E-state index contributed by atoms with van der Waals surface area (Å²) in [4.78, 5) is 0. The number of nitrogens with one attached hydrogen (secondary N) is 1. The highest BCUT2D eigenvalue weighted by atomic mass is 16.5. The second kappa shape index (κ2) is 3.69. The van der Waals surface area contributed by atoms with Gasteiger partial charge in [-0.3, -0.25) is 0 Å². The zero-order chi connectivity index (χ0) is 11.0. The van der Waals surface area contributed by atoms with E-state index in [2.05, 4.69) is 30.4 Å². The van der Waals surface area contributed by atoms with Gasteiger partial charge in [-0.15, -0.1) is 0 Å². The Hall–Kier alpha value is -1.18. The molecule has 86 valence electrons. The summed E-state index contributed by atoms with van der Waals surface area (Å²) in [6.45, 7) is 3.31. The molecule has 0 amide bonds. The van der Waals surface area contributed by atoms with E-state index in [-0.39, 0.29) is 5.60 Å². The highest BCUT2D eigenvalue weighted by Gasteiger charge is 2.30. The van der Waals surface area contributed by atoms with Crippen LogP contribution in [0.25, 0.3) is 0 Å². The predicted octanol–water partition coefficient (Wildman–Crippen LogP) is 3.37. The van der Waals surface area contributed by atoms with Crippen LogP contribution in [0.3, 0.4) is 0 Å². The Bertz CT molecular complexity index is 394. The van der Waals surface area contributed by atoms with E-state index in [0.29, 0.717) is 0 Å². The van der Waals surface area contributed by atoms with Crippen molar-refractivity contribution in [2.24, 2.45) is 0 Å². The van der Waals surface area contributed by atoms with Crippen LogP contribution in [0.1, 0.15) is 38.2 Å². The minimum atomic E-state index is 0.0836. The summed E-state index contributed by atoms with van der Waals surface area (Å²) in [5.74, 6) is 1.05. The number of hydrogen-bond acceptors (Lipinski definition) is 2. The van der Waals surface area contributed by atoms with Crippen LogP contribution < -0.4 is 10.1 Å². The van der Waals surface area contributed by atoms with Crippen LogP contribution in [0.5, 0.6) is 5.75 Å². The van der Waals surface area contributed by atoms with E-state index in [0.717, 1.165) is 18.7 Å². The zero-order valence-corrected chi connectivity index (χ0v) is 9.88. The minimum Gasteiger partial charge on any atom is -0.488 e. The van der Waals surface area contributed by atoms with Crippen molar-refractivity contribution in [3.63, 3.8) is 0 Å². The van der Waals surface area contributed by atoms with Gasteiger partial charge in [0.25, 0.3) is 0 Å². The van der Waals surface area contributed by atoms with Crippen molar-refractivity contribution in [1.29, 1.82) is 0 Å². The van der Waals surface area contributed by atoms with Crippen molar-refractivity contribution < 1.29 is 4.74 Å². The lowest BCUT2D eigenvalue weighted by molar-refractivity contribution is 0.0968. The Morgan fingerprint density at radius 1 is 1.25 bits per heavy atom. The van der Waals surface area contributed by atoms with Gasteiger partial charge in [0.05, 0.1) is 0 Å². The first-order chi connectivity index (χ1) is 7.75. The maximum atomic E-state index is 6.16. The maximum absolute atomic E-state index is 6.16. The average Bonchev–Trinajstić information content (AvgIpc) is 2.86. The largest absolute Gasteiger partial charge is 0.488 e. The first-order valence-electron chi connectivity index (χ1n) is 6.31. The highest BCUT2D eigenvalue weighted by molar-refractivity contribution is 5.57. The number of anilines is 1. The van der Waals surface area contributed by atoms with E-state index < -0.39 is 0 Å². The molecule has 1 saturated carbocycles. The Kier molecular flexibility index (Phi) is 2.31. The Morgan fingerprint density at radius 2 is 2.06 bits per heavy atom. The molecule has 0 radical (unpaired) electrons. The van der Waals surface area contributed by atoms with Crippen LogP contribution in [-0.2, 0) is 6.42 Å². The molecular weight excluding hydrogens is 198 g/mol. The van der Waals surface area contributed by atoms with E-state index in [9.17, 15) is 0 Å². The number of ether oxygens (including phenoxy) is 1. The molecule has 1 aromatic rings. The van der Waals surface area contributed by atoms with Gasteiger partial charge in [-0.05, 0) is 62.8 Å². The third-order valence-corrected chi connectivity index (χ3v) is 3.81. The van der Waals surface area contributed by atoms with Gasteiger partial charge >= 0.3 is 0 Å². The molecular formula is C14H19NO. The van der Waals surface area contributed by atoms with Crippen molar-refractivity contribution in [2.75, 3.05) is 11.9 Å². The summed E-state index contributed by atoms with van der Waals surface area (Å²) in [7, 11) is 0. The average molecular weight is 217 g/mol. The highest BCUT2D eigenvalue weighted by Crippen LogP contribution is 2.35. The fourth-order valence-corrected chi connectivity index (χ4v) is 2.85. The summed E-state index contributed by atoms with van der Waals surface area (Å²) < 4.78 is 6.16. The summed E-state index contributed by atoms with van der Waals surface area (Å²) in [6.07, 6.45) is 6.14. The van der Waals surface area contributed by atoms with Crippen molar-refractivity contribution in [2.45, 2.75) is 44.6 Å². The van der Waals surface area contributed by atoms with Crippen LogP contribution in [0.15, 0.2) is 18.2 Å². The molecule has 2 heteroatoms. The van der Waals surface area contributed by atoms with E-state index in [1.807, 2.05) is 0 Å². The lowest BCUT2D eigenvalue weighted by atomic mass is 10.1. The molecule has 0 saturated heterocycles. The smallest absolute Gasteiger partial charge is 0.120 e. The zero-order valence-electron chi connectivity index (χ0n) is 9.88. The van der Waals surface area contributed by atoms with Gasteiger partial charge in [-0.2, -0.15) is 0 Å². The molecule has 1 heterocycles. The number of fused-ring (bicyclic) bond motifs is 1. The molecule has 0 aromatic heterocycles. The van der Waals surface area contributed by atoms with Crippen LogP contribution in [0, 0.1) is 0 Å². The van der Waals surface area contributed by atoms with Crippen molar-refractivity contribution >= 4 is 5.69 Å². The Balaban J connectivity index is 1.80. The molecule has 0 unspecified atom stereocenters. The second-order valence-corrected chi connectivity index (χ2v) is 5.25. The first kappa shape index (κ1) is 10.0. The van der Waals surface area contributed by atoms with Gasteiger partial charge in [-0.25, -0.2) is 0 Å². The fourth-order valence-electron chi connectivity index (χ4n) is 2.85. The molecule has 1 aliphatic heterocycles. The van der Waals surface area contributed by atoms with Crippen molar-refractivity contribution in [3.8, 4) is 5.75 Å². The number of hydrogen-bond donors (Lipinski definition) is 1. The summed E-state index contributed by atoms with van der Waals surface area (Å²) in [5, 5.41) is 3.37. The molecule has 1 aromatic carbocycles. The first-order valence-corrected chi connectivity index (χ1v) is 6.31. The number of benzene rings is 1. The molecule has 0 bridgehead atoms. The molecule has 0 atom stereocenters. The fraction of sp³-hybridized carbons (Fsp3) is 0.571. The van der Waals surface area contributed by atoms with Gasteiger partial charge in [0.2, 0.25) is 0 Å². The molecule has 16 heavy (non-hydrogen) atoms. The maximum Gasteiger partial charge on any atom is 0.120 e. The van der Waals surface area contributed by atoms with Crippen LogP contribution in [-0.4, -0.2) is 12.1 Å². The normalized spacial score (nSPS) is 21.6. The van der Waals surface area contributed by atoms with Gasteiger partial charge in [0, 0.05) is 12.2 Å². The lowest BCUT2D eigenvalue weighted by Gasteiger charge is -2.25. The summed E-state index contributed by atoms with van der Waals surface area (Å²) in [5.41, 5.74) is 2.77. The van der Waals surface area contributed by atoms with E-state index in [1.165, 1.54) is 36.9 Å². The molecule has 0 spiro atoms. The molecule has 1 N–H and O–H groups in total. The second-order valence-electron chi connectivity index (χ2n) is 5.25. The SMILES string of the molecule is CC1(Oc2ccc3c(c2)CCN3)CCCC1. The van der Waals surface area contributed by atoms with Crippen molar-refractivity contribution in [3.05, 3.63) is 23.8 Å². The Morgan fingerprint density at radius 3 is 2.88 bits per heavy atom. The quantitative estimate of drug-likeness (QED) is 0.820. The summed E-state index contributed by atoms with van der Waals surface area (Å²) >= 11 is 0. The van der Waals surface area contributed by atoms with Crippen LogP contribution >= 0.6 is 0 Å². The number of rotatable bonds is 2. The van der Waals surface area contributed by atoms with E-state index in [1.54, 1.807) is 0 Å². The Labute approximate surface area is 97.0 Å². The van der Waals surface area contributed by atoms with Gasteiger partial charge < -0.3 is 10.1 Å². The third kappa shape index (κ3) is 1.77. The van der Waals surface area contributed by atoms with Crippen LogP contribution in [0.4, 0.5) is 5.69 Å². The monoisotopic (exact) mass is 217 g/mol. The summed E-state index contributed by atoms with van der Waals surface area (Å²) in [6, 6.07) is 6.45. The predicted molar refractivity (Wildman–Crippen MR) is 66.1 cm³/mol. The van der Waals surface area contributed by atoms with E-state index in [4.69, 9.17) is 4.74 Å². The van der Waals surface area contributed by atoms with Gasteiger partial charge in [0.15, 0.2) is 0 Å². The molecule has 2 aliphatic rings. The molecule has 1 fully saturated rings. The lowest BCUT2D eigenvalue weighted by Crippen LogP contribution is -2.27. The van der Waals surface area contributed by atoms with Crippen molar-refractivity contribution in [1.82, 2.24) is 0 Å². The molecule has 2 nitrogen and oxygen atoms in total.